The number of amides is 1. The highest BCUT2D eigenvalue weighted by molar-refractivity contribution is 6.11. The number of cyclic esters (lactones) is 1. The van der Waals surface area contributed by atoms with Gasteiger partial charge in [0.05, 0.1) is 6.04 Å². The molecule has 0 unspecified atom stereocenters. The first-order valence-corrected chi connectivity index (χ1v) is 17.5. The average Bonchev–Trinajstić information content (AvgIpc) is 3.61. The maximum absolute atomic E-state index is 14.8. The summed E-state index contributed by atoms with van der Waals surface area (Å²) in [5, 5.41) is 14.3. The number of carboxylic acids is 1. The molecule has 244 valence electrons. The van der Waals surface area contributed by atoms with Gasteiger partial charge in [0.2, 0.25) is 5.91 Å². The van der Waals surface area contributed by atoms with E-state index in [1.54, 1.807) is 0 Å². The van der Waals surface area contributed by atoms with Crippen molar-refractivity contribution in [3.8, 4) is 11.8 Å². The maximum atomic E-state index is 14.8. The summed E-state index contributed by atoms with van der Waals surface area (Å²) in [6.45, 7) is 0. The van der Waals surface area contributed by atoms with Crippen LogP contribution in [0.15, 0.2) is 90.5 Å². The predicted molar refractivity (Wildman–Crippen MR) is 182 cm³/mol. The molecule has 5 aliphatic rings. The smallest absolute Gasteiger partial charge is 0.325 e. The van der Waals surface area contributed by atoms with Gasteiger partial charge in [-0.05, 0) is 84.9 Å². The van der Waals surface area contributed by atoms with E-state index in [9.17, 15) is 19.5 Å². The Hall–Kier alpha value is -4.67. The monoisotopic (exact) mass is 640 g/mol. The van der Waals surface area contributed by atoms with Gasteiger partial charge >= 0.3 is 11.9 Å². The van der Waals surface area contributed by atoms with Crippen LogP contribution in [0, 0.1) is 23.7 Å². The van der Waals surface area contributed by atoms with Crippen molar-refractivity contribution >= 4 is 23.5 Å². The zero-order valence-electron chi connectivity index (χ0n) is 26.9. The summed E-state index contributed by atoms with van der Waals surface area (Å²) < 4.78 is 6.32. The first kappa shape index (κ1) is 30.7. The number of morpholine rings is 1. The lowest BCUT2D eigenvalue weighted by molar-refractivity contribution is -0.180. The highest BCUT2D eigenvalue weighted by atomic mass is 16.6. The summed E-state index contributed by atoms with van der Waals surface area (Å²) in [5.41, 5.74) is 3.31. The van der Waals surface area contributed by atoms with E-state index in [1.165, 1.54) is 6.42 Å². The number of ether oxygens (including phenoxy) is 1. The molecule has 6 atom stereocenters. The number of carboxylic acid groups (broad SMARTS) is 1. The zero-order valence-corrected chi connectivity index (χ0v) is 26.9. The Balaban J connectivity index is 1.36. The van der Waals surface area contributed by atoms with Gasteiger partial charge in [0.25, 0.3) is 0 Å². The number of benzene rings is 3. The van der Waals surface area contributed by atoms with Crippen molar-refractivity contribution in [1.82, 2.24) is 4.90 Å². The minimum absolute atomic E-state index is 0.00188. The summed E-state index contributed by atoms with van der Waals surface area (Å²) in [7, 11) is 0. The van der Waals surface area contributed by atoms with Crippen molar-refractivity contribution in [2.45, 2.75) is 87.4 Å². The van der Waals surface area contributed by atoms with E-state index in [1.807, 2.05) is 78.9 Å². The molecule has 2 saturated heterocycles. The van der Waals surface area contributed by atoms with Crippen LogP contribution in [0.3, 0.4) is 0 Å². The summed E-state index contributed by atoms with van der Waals surface area (Å²) in [6, 6.07) is 23.1. The highest BCUT2D eigenvalue weighted by Gasteiger charge is 2.74. The van der Waals surface area contributed by atoms with E-state index in [-0.39, 0.29) is 11.8 Å². The molecule has 7 nitrogen and oxygen atoms in total. The van der Waals surface area contributed by atoms with Gasteiger partial charge in [0, 0.05) is 17.3 Å². The van der Waals surface area contributed by atoms with Gasteiger partial charge in [-0.15, -0.1) is 0 Å². The van der Waals surface area contributed by atoms with Gasteiger partial charge in [0.1, 0.15) is 23.5 Å². The van der Waals surface area contributed by atoms with Crippen LogP contribution < -0.4 is 5.32 Å². The van der Waals surface area contributed by atoms with E-state index < -0.39 is 47.5 Å². The number of nitrogens with zero attached hydrogens (tertiary/aromatic N) is 1. The minimum atomic E-state index is -1.52. The Morgan fingerprint density at radius 1 is 0.854 bits per heavy atom. The van der Waals surface area contributed by atoms with Gasteiger partial charge in [-0.2, -0.15) is 0 Å². The first-order valence-electron chi connectivity index (χ1n) is 17.5. The molecule has 1 amide bonds. The maximum Gasteiger partial charge on any atom is 0.325 e. The molecule has 1 spiro atoms. The van der Waals surface area contributed by atoms with Crippen LogP contribution in [0.4, 0.5) is 5.69 Å². The first-order chi connectivity index (χ1) is 23.5. The van der Waals surface area contributed by atoms with Gasteiger partial charge in [-0.25, -0.2) is 0 Å². The van der Waals surface area contributed by atoms with Crippen LogP contribution >= 0.6 is 0 Å². The molecule has 3 fully saturated rings. The SMILES string of the molecule is O=C1O[C@H](c2ccccc2)[C@H](c2ccccc2)N2[C@H]1[C@@H](C(=O)O)[C@]1(C(=O)Nc3ccc(C#CC4=CCCCC4)cc31)[C@H]2C1CCCCC1. The molecular weight excluding hydrogens is 600 g/mol. The molecular formula is C41H40N2O5. The van der Waals surface area contributed by atoms with Crippen molar-refractivity contribution in [3.05, 3.63) is 113 Å². The van der Waals surface area contributed by atoms with Crippen molar-refractivity contribution in [1.29, 1.82) is 0 Å². The van der Waals surface area contributed by atoms with E-state index in [0.29, 0.717) is 11.3 Å². The molecule has 3 aromatic rings. The molecule has 2 N–H and O–H groups in total. The molecule has 3 aliphatic heterocycles. The lowest BCUT2D eigenvalue weighted by Gasteiger charge is -2.48. The van der Waals surface area contributed by atoms with Crippen molar-refractivity contribution in [2.75, 3.05) is 5.32 Å². The number of fused-ring (bicyclic) bond motifs is 3. The minimum Gasteiger partial charge on any atom is -0.481 e. The van der Waals surface area contributed by atoms with E-state index in [4.69, 9.17) is 4.74 Å². The second-order valence-electron chi connectivity index (χ2n) is 14.0. The molecule has 7 heteroatoms. The fourth-order valence-corrected chi connectivity index (χ4v) is 9.45. The standard InChI is InChI=1S/C41H40N2O5/c44-38(45)33-35-39(46)48-36(29-17-9-3-10-18-29)34(28-15-7-2-8-16-28)43(35)37(30-19-11-4-12-20-30)41(33)31-25-27(23-24-32(31)42-40(41)47)22-21-26-13-5-1-6-14-26/h2-3,7-10,13,15-18,23-25,30,33-37H,1,4-6,11-12,14,19-20H2,(H,42,47)(H,44,45)/t33-,34-,35-,36+,37+,41-/m0/s1. The largest absolute Gasteiger partial charge is 0.481 e. The highest BCUT2D eigenvalue weighted by Crippen LogP contribution is 2.62. The van der Waals surface area contributed by atoms with E-state index in [0.717, 1.165) is 73.6 Å². The Bertz CT molecular complexity index is 1840. The Morgan fingerprint density at radius 3 is 2.27 bits per heavy atom. The van der Waals surface area contributed by atoms with Crippen LogP contribution in [-0.4, -0.2) is 39.9 Å². The summed E-state index contributed by atoms with van der Waals surface area (Å²) >= 11 is 0. The van der Waals surface area contributed by atoms with Crippen LogP contribution in [0.25, 0.3) is 0 Å². The van der Waals surface area contributed by atoms with E-state index >= 15 is 0 Å². The Kier molecular flexibility index (Phi) is 7.92. The molecule has 2 aliphatic carbocycles. The molecule has 0 aromatic heterocycles. The molecule has 8 rings (SSSR count). The van der Waals surface area contributed by atoms with E-state index in [2.05, 4.69) is 28.1 Å². The zero-order chi connectivity index (χ0) is 32.8. The summed E-state index contributed by atoms with van der Waals surface area (Å²) in [6.07, 6.45) is 10.6. The molecule has 48 heavy (non-hydrogen) atoms. The number of carbonyl (C=O) groups is 3. The van der Waals surface area contributed by atoms with Crippen molar-refractivity contribution in [2.24, 2.45) is 11.8 Å². The second kappa shape index (κ2) is 12.4. The Labute approximate surface area is 281 Å². The second-order valence-corrected chi connectivity index (χ2v) is 14.0. The summed E-state index contributed by atoms with van der Waals surface area (Å²) in [4.78, 5) is 45.0. The molecule has 0 radical (unpaired) electrons. The van der Waals surface area contributed by atoms with Gasteiger partial charge in [-0.3, -0.25) is 19.3 Å². The quantitative estimate of drug-likeness (QED) is 0.233. The number of hydrogen-bond acceptors (Lipinski definition) is 5. The van der Waals surface area contributed by atoms with Gasteiger partial charge in [-0.1, -0.05) is 97.8 Å². The predicted octanol–water partition coefficient (Wildman–Crippen LogP) is 7.10. The number of hydrogen-bond donors (Lipinski definition) is 2. The summed E-state index contributed by atoms with van der Waals surface area (Å²) in [5.74, 6) is 3.19. The van der Waals surface area contributed by atoms with Crippen LogP contribution in [0.2, 0.25) is 0 Å². The van der Waals surface area contributed by atoms with Crippen LogP contribution in [0.5, 0.6) is 0 Å². The van der Waals surface area contributed by atoms with Gasteiger partial charge in [0.15, 0.2) is 0 Å². The average molecular weight is 641 g/mol. The number of aliphatic carboxylic acids is 1. The fraction of sp³-hybridized carbons (Fsp3) is 0.390. The number of carbonyl (C=O) groups excluding carboxylic acids is 2. The van der Waals surface area contributed by atoms with Gasteiger partial charge < -0.3 is 15.2 Å². The number of anilines is 1. The number of allylic oxidation sites excluding steroid dienone is 2. The third-order valence-electron chi connectivity index (χ3n) is 11.4. The third kappa shape index (κ3) is 4.88. The number of esters is 1. The number of nitrogens with one attached hydrogen (secondary N) is 1. The normalized spacial score (nSPS) is 30.0. The Morgan fingerprint density at radius 2 is 1.58 bits per heavy atom. The molecule has 3 heterocycles. The van der Waals surface area contributed by atoms with Crippen molar-refractivity contribution < 1.29 is 24.2 Å². The van der Waals surface area contributed by atoms with Crippen molar-refractivity contribution in [3.63, 3.8) is 0 Å². The molecule has 1 saturated carbocycles. The molecule has 3 aromatic carbocycles. The molecule has 0 bridgehead atoms. The van der Waals surface area contributed by atoms with Crippen LogP contribution in [0.1, 0.15) is 92.2 Å². The van der Waals surface area contributed by atoms with Crippen LogP contribution in [-0.2, 0) is 24.5 Å². The lowest BCUT2D eigenvalue weighted by Crippen LogP contribution is -2.56. The number of rotatable bonds is 4. The topological polar surface area (TPSA) is 95.9 Å². The lowest BCUT2D eigenvalue weighted by atomic mass is 9.62. The third-order valence-corrected chi connectivity index (χ3v) is 11.4. The fourth-order valence-electron chi connectivity index (χ4n) is 9.45.